The quantitative estimate of drug-likeness (QED) is 0.914. The Morgan fingerprint density at radius 2 is 1.95 bits per heavy atom. The molecule has 3 aliphatic rings. The van der Waals surface area contributed by atoms with Crippen molar-refractivity contribution in [3.8, 4) is 5.75 Å². The highest BCUT2D eigenvalue weighted by Gasteiger charge is 2.66. The van der Waals surface area contributed by atoms with Gasteiger partial charge >= 0.3 is 0 Å². The van der Waals surface area contributed by atoms with Gasteiger partial charge in [-0.25, -0.2) is 0 Å². The Hall–Kier alpha value is -0.730. The van der Waals surface area contributed by atoms with Gasteiger partial charge in [-0.1, -0.05) is 17.7 Å². The Labute approximate surface area is 118 Å². The average molecular weight is 279 g/mol. The van der Waals surface area contributed by atoms with Gasteiger partial charge in [0.05, 0.1) is 18.2 Å². The van der Waals surface area contributed by atoms with Crippen molar-refractivity contribution in [1.82, 2.24) is 0 Å². The summed E-state index contributed by atoms with van der Waals surface area (Å²) in [4.78, 5) is 0. The van der Waals surface area contributed by atoms with Gasteiger partial charge < -0.3 is 9.84 Å². The third-order valence-corrected chi connectivity index (χ3v) is 6.01. The van der Waals surface area contributed by atoms with Gasteiger partial charge in [0.2, 0.25) is 0 Å². The van der Waals surface area contributed by atoms with Gasteiger partial charge in [0.1, 0.15) is 5.75 Å². The number of ether oxygens (including phenoxy) is 1. The van der Waals surface area contributed by atoms with Crippen LogP contribution in [0.4, 0.5) is 0 Å². The summed E-state index contributed by atoms with van der Waals surface area (Å²) in [6, 6.07) is 5.60. The monoisotopic (exact) mass is 278 g/mol. The molecular formula is C16H19ClO2. The molecule has 3 fully saturated rings. The van der Waals surface area contributed by atoms with Crippen LogP contribution in [0.15, 0.2) is 18.2 Å². The van der Waals surface area contributed by atoms with E-state index in [1.807, 2.05) is 12.1 Å². The van der Waals surface area contributed by atoms with Gasteiger partial charge in [0.15, 0.2) is 0 Å². The molecule has 5 unspecified atom stereocenters. The molecule has 0 aliphatic heterocycles. The zero-order valence-corrected chi connectivity index (χ0v) is 11.8. The molecule has 0 heterocycles. The summed E-state index contributed by atoms with van der Waals surface area (Å²) < 4.78 is 5.16. The van der Waals surface area contributed by atoms with Crippen molar-refractivity contribution in [3.63, 3.8) is 0 Å². The van der Waals surface area contributed by atoms with Crippen LogP contribution in [0.25, 0.3) is 0 Å². The van der Waals surface area contributed by atoms with Gasteiger partial charge in [-0.15, -0.1) is 0 Å². The van der Waals surface area contributed by atoms with E-state index in [2.05, 4.69) is 0 Å². The van der Waals surface area contributed by atoms with Crippen molar-refractivity contribution < 1.29 is 9.84 Å². The summed E-state index contributed by atoms with van der Waals surface area (Å²) in [5, 5.41) is 11.3. The van der Waals surface area contributed by atoms with Gasteiger partial charge in [-0.2, -0.15) is 0 Å². The van der Waals surface area contributed by atoms with E-state index in [9.17, 15) is 5.11 Å². The lowest BCUT2D eigenvalue weighted by molar-refractivity contribution is 0.130. The molecular weight excluding hydrogens is 260 g/mol. The highest BCUT2D eigenvalue weighted by Crippen LogP contribution is 2.72. The molecule has 5 atom stereocenters. The number of rotatable bonds is 3. The third kappa shape index (κ3) is 1.66. The minimum Gasteiger partial charge on any atom is -0.497 e. The molecule has 0 radical (unpaired) electrons. The first-order chi connectivity index (χ1) is 9.20. The second-order valence-corrected chi connectivity index (χ2v) is 6.80. The average Bonchev–Trinajstić information content (AvgIpc) is 2.86. The maximum Gasteiger partial charge on any atom is 0.120 e. The molecule has 2 bridgehead atoms. The van der Waals surface area contributed by atoms with Crippen LogP contribution in [0.2, 0.25) is 5.02 Å². The summed E-state index contributed by atoms with van der Waals surface area (Å²) in [6.07, 6.45) is 3.78. The molecule has 0 spiro atoms. The largest absolute Gasteiger partial charge is 0.497 e. The van der Waals surface area contributed by atoms with Crippen molar-refractivity contribution in [2.45, 2.75) is 25.4 Å². The lowest BCUT2D eigenvalue weighted by atomic mass is 9.95. The first-order valence-corrected chi connectivity index (χ1v) is 7.60. The van der Waals surface area contributed by atoms with E-state index < -0.39 is 6.10 Å². The van der Waals surface area contributed by atoms with Gasteiger partial charge in [0.25, 0.3) is 0 Å². The fourth-order valence-electron chi connectivity index (χ4n) is 4.90. The molecule has 1 aromatic rings. The molecule has 0 aromatic heterocycles. The number of methoxy groups -OCH3 is 1. The zero-order valence-electron chi connectivity index (χ0n) is 11.1. The van der Waals surface area contributed by atoms with Crippen LogP contribution in [-0.4, -0.2) is 12.2 Å². The van der Waals surface area contributed by atoms with E-state index in [0.717, 1.165) is 35.0 Å². The predicted octanol–water partition coefficient (Wildman–Crippen LogP) is 3.67. The van der Waals surface area contributed by atoms with Crippen molar-refractivity contribution in [2.24, 2.45) is 29.6 Å². The topological polar surface area (TPSA) is 29.5 Å². The molecule has 2 nitrogen and oxygen atoms in total. The number of hydrogen-bond acceptors (Lipinski definition) is 2. The Bertz CT molecular complexity index is 499. The molecule has 1 N–H and O–H groups in total. The second-order valence-electron chi connectivity index (χ2n) is 6.40. The minimum atomic E-state index is -0.392. The molecule has 102 valence electrons. The molecule has 19 heavy (non-hydrogen) atoms. The Morgan fingerprint density at radius 3 is 2.53 bits per heavy atom. The normalized spacial score (nSPS) is 40.1. The Balaban J connectivity index is 1.57. The Kier molecular flexibility index (Phi) is 2.62. The van der Waals surface area contributed by atoms with Crippen LogP contribution >= 0.6 is 11.6 Å². The molecule has 4 rings (SSSR count). The first kappa shape index (κ1) is 12.0. The van der Waals surface area contributed by atoms with Crippen molar-refractivity contribution in [1.29, 1.82) is 0 Å². The summed E-state index contributed by atoms with van der Waals surface area (Å²) in [5.41, 5.74) is 0.876. The molecule has 3 aliphatic carbocycles. The van der Waals surface area contributed by atoms with E-state index in [1.54, 1.807) is 13.2 Å². The van der Waals surface area contributed by atoms with Gasteiger partial charge in [-0.05, 0) is 66.5 Å². The number of aliphatic hydroxyl groups is 1. The lowest BCUT2D eigenvalue weighted by Crippen LogP contribution is -2.09. The summed E-state index contributed by atoms with van der Waals surface area (Å²) in [5.74, 6) is 4.51. The number of hydrogen-bond donors (Lipinski definition) is 1. The SMILES string of the molecule is COc1ccc(C(O)C2C3C4CCC(C4)C32)c(Cl)c1. The van der Waals surface area contributed by atoms with Crippen LogP contribution in [0, 0.1) is 29.6 Å². The standard InChI is InChI=1S/C16H19ClO2/c1-19-10-4-5-11(12(17)7-10)16(18)15-13-8-2-3-9(6-8)14(13)15/h4-5,7-9,13-16,18H,2-3,6H2,1H3. The van der Waals surface area contributed by atoms with Gasteiger partial charge in [-0.3, -0.25) is 0 Å². The van der Waals surface area contributed by atoms with Crippen LogP contribution in [-0.2, 0) is 0 Å². The van der Waals surface area contributed by atoms with Crippen LogP contribution < -0.4 is 4.74 Å². The fourth-order valence-corrected chi connectivity index (χ4v) is 5.18. The smallest absolute Gasteiger partial charge is 0.120 e. The number of halogens is 1. The predicted molar refractivity (Wildman–Crippen MR) is 74.3 cm³/mol. The number of benzene rings is 1. The first-order valence-electron chi connectivity index (χ1n) is 7.22. The second kappa shape index (κ2) is 4.13. The van der Waals surface area contributed by atoms with Crippen molar-refractivity contribution in [3.05, 3.63) is 28.8 Å². The lowest BCUT2D eigenvalue weighted by Gasteiger charge is -2.17. The van der Waals surface area contributed by atoms with Crippen LogP contribution in [0.3, 0.4) is 0 Å². The van der Waals surface area contributed by atoms with E-state index in [1.165, 1.54) is 19.3 Å². The highest BCUT2D eigenvalue weighted by atomic mass is 35.5. The van der Waals surface area contributed by atoms with E-state index in [4.69, 9.17) is 16.3 Å². The maximum absolute atomic E-state index is 10.6. The number of fused-ring (bicyclic) bond motifs is 5. The highest BCUT2D eigenvalue weighted by molar-refractivity contribution is 6.31. The Morgan fingerprint density at radius 1 is 1.26 bits per heavy atom. The van der Waals surface area contributed by atoms with E-state index in [-0.39, 0.29) is 0 Å². The molecule has 0 saturated heterocycles. The van der Waals surface area contributed by atoms with Crippen molar-refractivity contribution in [2.75, 3.05) is 7.11 Å². The van der Waals surface area contributed by atoms with E-state index in [0.29, 0.717) is 10.9 Å². The van der Waals surface area contributed by atoms with Gasteiger partial charge in [0, 0.05) is 0 Å². The van der Waals surface area contributed by atoms with Crippen LogP contribution in [0.1, 0.15) is 30.9 Å². The van der Waals surface area contributed by atoms with E-state index >= 15 is 0 Å². The molecule has 1 aromatic carbocycles. The third-order valence-electron chi connectivity index (χ3n) is 5.69. The van der Waals surface area contributed by atoms with Crippen molar-refractivity contribution >= 4 is 11.6 Å². The summed E-state index contributed by atoms with van der Waals surface area (Å²) in [6.45, 7) is 0. The fraction of sp³-hybridized carbons (Fsp3) is 0.625. The molecule has 0 amide bonds. The van der Waals surface area contributed by atoms with Crippen LogP contribution in [0.5, 0.6) is 5.75 Å². The minimum absolute atomic E-state index is 0.392. The zero-order chi connectivity index (χ0) is 13.1. The summed E-state index contributed by atoms with van der Waals surface area (Å²) in [7, 11) is 1.63. The summed E-state index contributed by atoms with van der Waals surface area (Å²) >= 11 is 6.28. The number of aliphatic hydroxyl groups excluding tert-OH is 1. The molecule has 3 saturated carbocycles. The maximum atomic E-state index is 10.6. The molecule has 3 heteroatoms.